The number of nitrogens with zero attached hydrogens (tertiary/aromatic N) is 2. The Kier molecular flexibility index (Phi) is 4.94. The Morgan fingerprint density at radius 2 is 2.14 bits per heavy atom. The molecule has 0 unspecified atom stereocenters. The van der Waals surface area contributed by atoms with E-state index in [0.29, 0.717) is 11.5 Å². The van der Waals surface area contributed by atoms with Crippen molar-refractivity contribution in [2.24, 2.45) is 0 Å². The number of amides is 1. The molecule has 21 heavy (non-hydrogen) atoms. The van der Waals surface area contributed by atoms with Crippen molar-refractivity contribution in [3.8, 4) is 0 Å². The molecular weight excluding hydrogens is 284 g/mol. The second-order valence-corrected chi connectivity index (χ2v) is 5.08. The SMILES string of the molecule is C=CC(=O)Nc1cccc(Nc2nc(C)ncc2SC)c1. The molecule has 1 aromatic carbocycles. The summed E-state index contributed by atoms with van der Waals surface area (Å²) >= 11 is 1.57. The lowest BCUT2D eigenvalue weighted by atomic mass is 10.2. The zero-order valence-electron chi connectivity index (χ0n) is 11.9. The van der Waals surface area contributed by atoms with Gasteiger partial charge < -0.3 is 10.6 Å². The van der Waals surface area contributed by atoms with Crippen LogP contribution in [0.1, 0.15) is 5.82 Å². The number of hydrogen-bond donors (Lipinski definition) is 2. The van der Waals surface area contributed by atoms with E-state index >= 15 is 0 Å². The third-order valence-electron chi connectivity index (χ3n) is 2.67. The number of hydrogen-bond acceptors (Lipinski definition) is 5. The first-order chi connectivity index (χ1) is 10.1. The molecular formula is C15H16N4OS. The van der Waals surface area contributed by atoms with Crippen LogP contribution in [0.25, 0.3) is 0 Å². The van der Waals surface area contributed by atoms with E-state index in [1.54, 1.807) is 18.0 Å². The Bertz CT molecular complexity index is 672. The van der Waals surface area contributed by atoms with Gasteiger partial charge in [-0.3, -0.25) is 4.79 Å². The van der Waals surface area contributed by atoms with Crippen molar-refractivity contribution in [2.75, 3.05) is 16.9 Å². The van der Waals surface area contributed by atoms with Crippen LogP contribution >= 0.6 is 11.8 Å². The average molecular weight is 300 g/mol. The maximum Gasteiger partial charge on any atom is 0.247 e. The van der Waals surface area contributed by atoms with Gasteiger partial charge in [-0.2, -0.15) is 0 Å². The molecule has 0 aliphatic rings. The molecule has 0 bridgehead atoms. The highest BCUT2D eigenvalue weighted by molar-refractivity contribution is 7.98. The van der Waals surface area contributed by atoms with Crippen LogP contribution in [0.2, 0.25) is 0 Å². The number of nitrogens with one attached hydrogen (secondary N) is 2. The average Bonchev–Trinajstić information content (AvgIpc) is 2.48. The molecule has 0 aliphatic carbocycles. The molecule has 5 nitrogen and oxygen atoms in total. The Morgan fingerprint density at radius 3 is 2.86 bits per heavy atom. The van der Waals surface area contributed by atoms with Gasteiger partial charge in [0.15, 0.2) is 0 Å². The van der Waals surface area contributed by atoms with Crippen molar-refractivity contribution < 1.29 is 4.79 Å². The molecule has 2 aromatic rings. The van der Waals surface area contributed by atoms with Crippen molar-refractivity contribution in [1.29, 1.82) is 0 Å². The highest BCUT2D eigenvalue weighted by atomic mass is 32.2. The summed E-state index contributed by atoms with van der Waals surface area (Å²) in [6.45, 7) is 5.28. The van der Waals surface area contributed by atoms with E-state index in [1.165, 1.54) is 6.08 Å². The third kappa shape index (κ3) is 4.06. The fourth-order valence-corrected chi connectivity index (χ4v) is 2.15. The molecule has 1 heterocycles. The van der Waals surface area contributed by atoms with Crippen molar-refractivity contribution >= 4 is 34.9 Å². The van der Waals surface area contributed by atoms with Crippen LogP contribution in [0.4, 0.5) is 17.2 Å². The molecule has 0 radical (unpaired) electrons. The first-order valence-corrected chi connectivity index (χ1v) is 7.53. The molecule has 0 spiro atoms. The maximum absolute atomic E-state index is 11.3. The Hall–Kier alpha value is -2.34. The van der Waals surface area contributed by atoms with Gasteiger partial charge in [-0.25, -0.2) is 9.97 Å². The predicted octanol–water partition coefficient (Wildman–Crippen LogP) is 3.38. The molecule has 0 aliphatic heterocycles. The molecule has 1 amide bonds. The molecule has 0 saturated heterocycles. The van der Waals surface area contributed by atoms with Crippen LogP contribution < -0.4 is 10.6 Å². The van der Waals surface area contributed by atoms with E-state index in [0.717, 1.165) is 16.4 Å². The van der Waals surface area contributed by atoms with Gasteiger partial charge in [-0.05, 0) is 37.5 Å². The Morgan fingerprint density at radius 1 is 1.38 bits per heavy atom. The van der Waals surface area contributed by atoms with Crippen LogP contribution in [0.15, 0.2) is 48.0 Å². The van der Waals surface area contributed by atoms with Gasteiger partial charge in [0.05, 0.1) is 4.90 Å². The quantitative estimate of drug-likeness (QED) is 0.654. The fraction of sp³-hybridized carbons (Fsp3) is 0.133. The van der Waals surface area contributed by atoms with E-state index in [-0.39, 0.29) is 5.91 Å². The minimum absolute atomic E-state index is 0.241. The number of benzene rings is 1. The van der Waals surface area contributed by atoms with Gasteiger partial charge in [0.1, 0.15) is 11.6 Å². The summed E-state index contributed by atoms with van der Waals surface area (Å²) in [6.07, 6.45) is 5.00. The highest BCUT2D eigenvalue weighted by Gasteiger charge is 2.06. The summed E-state index contributed by atoms with van der Waals surface area (Å²) in [5, 5.41) is 5.97. The number of carbonyl (C=O) groups is 1. The molecule has 6 heteroatoms. The van der Waals surface area contributed by atoms with E-state index < -0.39 is 0 Å². The van der Waals surface area contributed by atoms with E-state index in [9.17, 15) is 4.79 Å². The first-order valence-electron chi connectivity index (χ1n) is 6.30. The smallest absolute Gasteiger partial charge is 0.247 e. The standard InChI is InChI=1S/C15H16N4OS/c1-4-14(20)18-11-6-5-7-12(8-11)19-15-13(21-3)9-16-10(2)17-15/h4-9H,1H2,2-3H3,(H,18,20)(H,16,17,19). The number of carbonyl (C=O) groups excluding carboxylic acids is 1. The van der Waals surface area contributed by atoms with Crippen LogP contribution in [0.3, 0.4) is 0 Å². The number of rotatable bonds is 5. The van der Waals surface area contributed by atoms with E-state index in [4.69, 9.17) is 0 Å². The third-order valence-corrected chi connectivity index (χ3v) is 3.41. The summed E-state index contributed by atoms with van der Waals surface area (Å²) in [5.41, 5.74) is 1.53. The van der Waals surface area contributed by atoms with Crippen LogP contribution in [-0.2, 0) is 4.79 Å². The summed E-state index contributed by atoms with van der Waals surface area (Å²) in [6, 6.07) is 7.41. The molecule has 108 valence electrons. The summed E-state index contributed by atoms with van der Waals surface area (Å²) in [7, 11) is 0. The zero-order valence-corrected chi connectivity index (χ0v) is 12.7. The molecule has 1 aromatic heterocycles. The van der Waals surface area contributed by atoms with Gasteiger partial charge in [-0.1, -0.05) is 12.6 Å². The highest BCUT2D eigenvalue weighted by Crippen LogP contribution is 2.26. The summed E-state index contributed by atoms with van der Waals surface area (Å²) in [4.78, 5) is 20.9. The van der Waals surface area contributed by atoms with Crippen LogP contribution in [0, 0.1) is 6.92 Å². The Balaban J connectivity index is 2.23. The van der Waals surface area contributed by atoms with Crippen LogP contribution in [-0.4, -0.2) is 22.1 Å². The normalized spacial score (nSPS) is 10.0. The van der Waals surface area contributed by atoms with Gasteiger partial charge in [0, 0.05) is 17.6 Å². The molecule has 2 rings (SSSR count). The van der Waals surface area contributed by atoms with Gasteiger partial charge in [-0.15, -0.1) is 11.8 Å². The zero-order chi connectivity index (χ0) is 15.2. The van der Waals surface area contributed by atoms with Crippen molar-refractivity contribution in [3.05, 3.63) is 48.9 Å². The molecule has 0 saturated carbocycles. The van der Waals surface area contributed by atoms with Gasteiger partial charge in [0.2, 0.25) is 5.91 Å². The minimum Gasteiger partial charge on any atom is -0.339 e. The summed E-state index contributed by atoms with van der Waals surface area (Å²) in [5.74, 6) is 1.21. The number of aromatic nitrogens is 2. The lowest BCUT2D eigenvalue weighted by Gasteiger charge is -2.11. The summed E-state index contributed by atoms with van der Waals surface area (Å²) < 4.78 is 0. The van der Waals surface area contributed by atoms with E-state index in [2.05, 4.69) is 27.2 Å². The second-order valence-electron chi connectivity index (χ2n) is 4.23. The molecule has 0 atom stereocenters. The Labute approximate surface area is 127 Å². The van der Waals surface area contributed by atoms with E-state index in [1.807, 2.05) is 37.4 Å². The van der Waals surface area contributed by atoms with Crippen LogP contribution in [0.5, 0.6) is 0 Å². The van der Waals surface area contributed by atoms with Gasteiger partial charge in [0.25, 0.3) is 0 Å². The minimum atomic E-state index is -0.241. The first kappa shape index (κ1) is 15.1. The number of anilines is 3. The largest absolute Gasteiger partial charge is 0.339 e. The van der Waals surface area contributed by atoms with Crippen molar-refractivity contribution in [3.63, 3.8) is 0 Å². The van der Waals surface area contributed by atoms with Crippen molar-refractivity contribution in [1.82, 2.24) is 9.97 Å². The monoisotopic (exact) mass is 300 g/mol. The van der Waals surface area contributed by atoms with Gasteiger partial charge >= 0.3 is 0 Å². The lowest BCUT2D eigenvalue weighted by Crippen LogP contribution is -2.07. The lowest BCUT2D eigenvalue weighted by molar-refractivity contribution is -0.111. The second kappa shape index (κ2) is 6.90. The predicted molar refractivity (Wildman–Crippen MR) is 87.1 cm³/mol. The molecule has 0 fully saturated rings. The topological polar surface area (TPSA) is 66.9 Å². The number of aryl methyl sites for hydroxylation is 1. The van der Waals surface area contributed by atoms with Crippen molar-refractivity contribution in [2.45, 2.75) is 11.8 Å². The fourth-order valence-electron chi connectivity index (χ4n) is 1.70. The number of thioether (sulfide) groups is 1. The maximum atomic E-state index is 11.3. The molecule has 2 N–H and O–H groups in total.